The number of benzene rings is 1. The van der Waals surface area contributed by atoms with E-state index < -0.39 is 5.60 Å². The molecule has 0 amide bonds. The van der Waals surface area contributed by atoms with Gasteiger partial charge in [0.15, 0.2) is 11.5 Å². The lowest BCUT2D eigenvalue weighted by Gasteiger charge is -2.19. The molecular weight excluding hydrogens is 246 g/mol. The molecule has 0 spiro atoms. The first-order valence-corrected chi connectivity index (χ1v) is 6.29. The summed E-state index contributed by atoms with van der Waals surface area (Å²) >= 11 is 0. The van der Waals surface area contributed by atoms with Crippen LogP contribution in [0.3, 0.4) is 0 Å². The zero-order valence-corrected chi connectivity index (χ0v) is 11.5. The Bertz CT molecular complexity index is 465. The van der Waals surface area contributed by atoms with Gasteiger partial charge in [0, 0.05) is 18.3 Å². The van der Waals surface area contributed by atoms with E-state index >= 15 is 0 Å². The van der Waals surface area contributed by atoms with Gasteiger partial charge < -0.3 is 19.5 Å². The lowest BCUT2D eigenvalue weighted by atomic mass is 10.2. The smallest absolute Gasteiger partial charge is 0.308 e. The minimum atomic E-state index is -0.435. The average molecular weight is 265 g/mol. The third-order valence-corrected chi connectivity index (χ3v) is 2.45. The van der Waals surface area contributed by atoms with Gasteiger partial charge in [0.25, 0.3) is 0 Å². The Morgan fingerprint density at radius 1 is 1.32 bits per heavy atom. The van der Waals surface area contributed by atoms with E-state index in [0.717, 1.165) is 17.2 Å². The molecule has 19 heavy (non-hydrogen) atoms. The van der Waals surface area contributed by atoms with Crippen molar-refractivity contribution in [3.8, 4) is 11.5 Å². The van der Waals surface area contributed by atoms with E-state index in [-0.39, 0.29) is 12.8 Å². The molecule has 0 aromatic heterocycles. The molecule has 1 aliphatic heterocycles. The monoisotopic (exact) mass is 265 g/mol. The number of hydrogen-bond acceptors (Lipinski definition) is 5. The van der Waals surface area contributed by atoms with Gasteiger partial charge in [-0.05, 0) is 32.9 Å². The standard InChI is InChI=1S/C14H19NO4/c1-14(2,3)19-13(16)6-7-15-10-4-5-11-12(8-10)18-9-17-11/h4-5,8,15H,6-7,9H2,1-3H3. The van der Waals surface area contributed by atoms with Crippen LogP contribution in [0.15, 0.2) is 18.2 Å². The van der Waals surface area contributed by atoms with E-state index in [4.69, 9.17) is 14.2 Å². The second-order valence-corrected chi connectivity index (χ2v) is 5.33. The Kier molecular flexibility index (Phi) is 3.83. The molecule has 0 radical (unpaired) electrons. The molecule has 2 rings (SSSR count). The topological polar surface area (TPSA) is 56.8 Å². The van der Waals surface area contributed by atoms with Crippen LogP contribution in [-0.4, -0.2) is 24.9 Å². The first-order valence-electron chi connectivity index (χ1n) is 6.29. The van der Waals surface area contributed by atoms with Crippen LogP contribution >= 0.6 is 0 Å². The SMILES string of the molecule is CC(C)(C)OC(=O)CCNc1ccc2c(c1)OCO2. The van der Waals surface area contributed by atoms with Crippen LogP contribution in [0, 0.1) is 0 Å². The number of hydrogen-bond donors (Lipinski definition) is 1. The van der Waals surface area contributed by atoms with Gasteiger partial charge in [0.2, 0.25) is 6.79 Å². The lowest BCUT2D eigenvalue weighted by Crippen LogP contribution is -2.25. The Balaban J connectivity index is 1.78. The summed E-state index contributed by atoms with van der Waals surface area (Å²) in [6.07, 6.45) is 0.325. The van der Waals surface area contributed by atoms with Crippen molar-refractivity contribution < 1.29 is 19.0 Å². The van der Waals surface area contributed by atoms with Crippen molar-refractivity contribution in [3.05, 3.63) is 18.2 Å². The van der Waals surface area contributed by atoms with E-state index in [1.54, 1.807) is 0 Å². The summed E-state index contributed by atoms with van der Waals surface area (Å²) in [5, 5.41) is 3.15. The van der Waals surface area contributed by atoms with Gasteiger partial charge in [-0.2, -0.15) is 0 Å². The van der Waals surface area contributed by atoms with Crippen molar-refractivity contribution in [2.45, 2.75) is 32.8 Å². The van der Waals surface area contributed by atoms with Gasteiger partial charge in [0.1, 0.15) is 5.60 Å². The third-order valence-electron chi connectivity index (χ3n) is 2.45. The fourth-order valence-electron chi connectivity index (χ4n) is 1.71. The van der Waals surface area contributed by atoms with Crippen molar-refractivity contribution >= 4 is 11.7 Å². The molecule has 0 fully saturated rings. The molecule has 1 heterocycles. The summed E-state index contributed by atoms with van der Waals surface area (Å²) in [5.74, 6) is 1.26. The highest BCUT2D eigenvalue weighted by Crippen LogP contribution is 2.34. The van der Waals surface area contributed by atoms with Gasteiger partial charge >= 0.3 is 5.97 Å². The number of fused-ring (bicyclic) bond motifs is 1. The van der Waals surface area contributed by atoms with E-state index in [0.29, 0.717) is 13.0 Å². The zero-order valence-electron chi connectivity index (χ0n) is 11.5. The highest BCUT2D eigenvalue weighted by Gasteiger charge is 2.16. The maximum Gasteiger partial charge on any atom is 0.308 e. The molecular formula is C14H19NO4. The molecule has 1 N–H and O–H groups in total. The predicted molar refractivity (Wildman–Crippen MR) is 71.5 cm³/mol. The minimum Gasteiger partial charge on any atom is -0.460 e. The first kappa shape index (κ1) is 13.5. The van der Waals surface area contributed by atoms with E-state index in [9.17, 15) is 4.79 Å². The second kappa shape index (κ2) is 5.38. The van der Waals surface area contributed by atoms with Crippen LogP contribution in [-0.2, 0) is 9.53 Å². The highest BCUT2D eigenvalue weighted by molar-refractivity contribution is 5.70. The van der Waals surface area contributed by atoms with Crippen LogP contribution in [0.2, 0.25) is 0 Å². The van der Waals surface area contributed by atoms with Crippen molar-refractivity contribution in [1.82, 2.24) is 0 Å². The fraction of sp³-hybridized carbons (Fsp3) is 0.500. The fourth-order valence-corrected chi connectivity index (χ4v) is 1.71. The van der Waals surface area contributed by atoms with Crippen molar-refractivity contribution in [3.63, 3.8) is 0 Å². The number of carbonyl (C=O) groups excluding carboxylic acids is 1. The molecule has 1 aromatic carbocycles. The number of esters is 1. The maximum atomic E-state index is 11.5. The van der Waals surface area contributed by atoms with Crippen LogP contribution in [0.25, 0.3) is 0 Å². The Hall–Kier alpha value is -1.91. The molecule has 0 atom stereocenters. The van der Waals surface area contributed by atoms with Crippen molar-refractivity contribution in [2.75, 3.05) is 18.7 Å². The summed E-state index contributed by atoms with van der Waals surface area (Å²) < 4.78 is 15.7. The normalized spacial score (nSPS) is 13.2. The molecule has 104 valence electrons. The molecule has 1 aliphatic rings. The number of anilines is 1. The minimum absolute atomic E-state index is 0.208. The van der Waals surface area contributed by atoms with Crippen LogP contribution in [0.5, 0.6) is 11.5 Å². The Labute approximate surface area is 112 Å². The highest BCUT2D eigenvalue weighted by atomic mass is 16.7. The van der Waals surface area contributed by atoms with Gasteiger partial charge in [-0.1, -0.05) is 0 Å². The number of carbonyl (C=O) groups is 1. The molecule has 0 bridgehead atoms. The molecule has 5 heteroatoms. The first-order chi connectivity index (χ1) is 8.94. The summed E-state index contributed by atoms with van der Waals surface area (Å²) in [4.78, 5) is 11.5. The van der Waals surface area contributed by atoms with Gasteiger partial charge in [-0.25, -0.2) is 0 Å². The zero-order chi connectivity index (χ0) is 13.9. The number of ether oxygens (including phenoxy) is 3. The second-order valence-electron chi connectivity index (χ2n) is 5.33. The molecule has 1 aromatic rings. The van der Waals surface area contributed by atoms with Crippen LogP contribution in [0.4, 0.5) is 5.69 Å². The van der Waals surface area contributed by atoms with Gasteiger partial charge in [0.05, 0.1) is 6.42 Å². The number of rotatable bonds is 4. The summed E-state index contributed by atoms with van der Waals surface area (Å²) in [5.41, 5.74) is 0.461. The molecule has 5 nitrogen and oxygen atoms in total. The maximum absolute atomic E-state index is 11.5. The summed E-state index contributed by atoms with van der Waals surface area (Å²) in [7, 11) is 0. The Morgan fingerprint density at radius 3 is 2.79 bits per heavy atom. The quantitative estimate of drug-likeness (QED) is 0.848. The van der Waals surface area contributed by atoms with Gasteiger partial charge in [-0.15, -0.1) is 0 Å². The summed E-state index contributed by atoms with van der Waals surface area (Å²) in [6, 6.07) is 5.60. The average Bonchev–Trinajstić information content (AvgIpc) is 2.73. The predicted octanol–water partition coefficient (Wildman–Crippen LogP) is 2.56. The molecule has 0 saturated carbocycles. The molecule has 0 aliphatic carbocycles. The van der Waals surface area contributed by atoms with Crippen molar-refractivity contribution in [1.29, 1.82) is 0 Å². The van der Waals surface area contributed by atoms with Crippen LogP contribution < -0.4 is 14.8 Å². The van der Waals surface area contributed by atoms with Gasteiger partial charge in [-0.3, -0.25) is 4.79 Å². The Morgan fingerprint density at radius 2 is 2.05 bits per heavy atom. The lowest BCUT2D eigenvalue weighted by molar-refractivity contribution is -0.154. The molecule has 0 unspecified atom stereocenters. The van der Waals surface area contributed by atoms with Crippen LogP contribution in [0.1, 0.15) is 27.2 Å². The number of nitrogens with one attached hydrogen (secondary N) is 1. The van der Waals surface area contributed by atoms with E-state index in [1.165, 1.54) is 0 Å². The summed E-state index contributed by atoms with van der Waals surface area (Å²) in [6.45, 7) is 6.35. The van der Waals surface area contributed by atoms with E-state index in [1.807, 2.05) is 39.0 Å². The largest absolute Gasteiger partial charge is 0.460 e. The van der Waals surface area contributed by atoms with E-state index in [2.05, 4.69) is 5.32 Å². The van der Waals surface area contributed by atoms with Crippen molar-refractivity contribution in [2.24, 2.45) is 0 Å². The molecule has 0 saturated heterocycles. The third kappa shape index (κ3) is 4.05.